The molecule has 0 spiro atoms. The number of rotatable bonds is 5. The number of ether oxygens (including phenoxy) is 1. The first-order chi connectivity index (χ1) is 13.4. The highest BCUT2D eigenvalue weighted by atomic mass is 16.5. The summed E-state index contributed by atoms with van der Waals surface area (Å²) in [6, 6.07) is 6.51. The second kappa shape index (κ2) is 9.27. The number of hydrogen-bond donors (Lipinski definition) is 2. The number of piperidine rings is 1. The third kappa shape index (κ3) is 5.06. The molecule has 3 atom stereocenters. The highest BCUT2D eigenvalue weighted by Crippen LogP contribution is 2.21. The number of aryl methyl sites for hydroxylation is 1. The van der Waals surface area contributed by atoms with Crippen molar-refractivity contribution < 1.29 is 19.3 Å². The van der Waals surface area contributed by atoms with Gasteiger partial charge in [-0.05, 0) is 44.2 Å². The number of likely N-dealkylation sites (tertiary alicyclic amines) is 1. The van der Waals surface area contributed by atoms with Crippen LogP contribution in [0.2, 0.25) is 0 Å². The van der Waals surface area contributed by atoms with Crippen LogP contribution < -0.4 is 14.5 Å². The van der Waals surface area contributed by atoms with Crippen LogP contribution in [-0.2, 0) is 11.3 Å². The van der Waals surface area contributed by atoms with E-state index in [1.165, 1.54) is 22.4 Å². The standard InChI is InChI=1S/C23H37N3O2/c1-17-6-7-22(28-5)21(13-17)16-24-8-10-25(11-9-24)20(4)23(27)26-14-18(2)12-19(3)15-26/h6-7,13,18-20H,8-12,14-16H2,1-5H3/p+2/t18-,19-,20-/m0/s1. The van der Waals surface area contributed by atoms with Gasteiger partial charge < -0.3 is 19.4 Å². The van der Waals surface area contributed by atoms with Crippen LogP contribution in [-0.4, -0.2) is 63.2 Å². The number of piperazine rings is 1. The lowest BCUT2D eigenvalue weighted by atomic mass is 9.91. The first kappa shape index (κ1) is 21.1. The lowest BCUT2D eigenvalue weighted by molar-refractivity contribution is -1.02. The molecular weight excluding hydrogens is 350 g/mol. The molecule has 0 saturated carbocycles. The molecule has 5 heteroatoms. The number of quaternary nitrogens is 2. The van der Waals surface area contributed by atoms with Gasteiger partial charge in [0, 0.05) is 18.7 Å². The third-order valence-corrected chi connectivity index (χ3v) is 6.64. The minimum Gasteiger partial charge on any atom is -0.496 e. The zero-order chi connectivity index (χ0) is 20.3. The Kier molecular flexibility index (Phi) is 7.00. The summed E-state index contributed by atoms with van der Waals surface area (Å²) >= 11 is 0. The molecule has 0 aromatic heterocycles. The van der Waals surface area contributed by atoms with Crippen LogP contribution in [0.15, 0.2) is 18.2 Å². The molecule has 1 amide bonds. The van der Waals surface area contributed by atoms with Crippen molar-refractivity contribution in [1.82, 2.24) is 4.90 Å². The van der Waals surface area contributed by atoms with Gasteiger partial charge in [0.2, 0.25) is 0 Å². The second-order valence-corrected chi connectivity index (χ2v) is 9.31. The van der Waals surface area contributed by atoms with Crippen LogP contribution in [0.1, 0.15) is 38.3 Å². The molecule has 3 rings (SSSR count). The Morgan fingerprint density at radius 3 is 2.43 bits per heavy atom. The maximum atomic E-state index is 13.1. The van der Waals surface area contributed by atoms with Gasteiger partial charge in [-0.2, -0.15) is 0 Å². The number of benzene rings is 1. The number of hydrogen-bond acceptors (Lipinski definition) is 2. The fraction of sp³-hybridized carbons (Fsp3) is 0.696. The van der Waals surface area contributed by atoms with Crippen molar-refractivity contribution in [3.05, 3.63) is 29.3 Å². The van der Waals surface area contributed by atoms with Gasteiger partial charge in [-0.15, -0.1) is 0 Å². The van der Waals surface area contributed by atoms with Crippen LogP contribution in [0.4, 0.5) is 0 Å². The lowest BCUT2D eigenvalue weighted by Gasteiger charge is -2.39. The van der Waals surface area contributed by atoms with Gasteiger partial charge in [0.1, 0.15) is 38.5 Å². The Bertz CT molecular complexity index is 660. The van der Waals surface area contributed by atoms with Gasteiger partial charge in [-0.1, -0.05) is 25.5 Å². The topological polar surface area (TPSA) is 38.4 Å². The van der Waals surface area contributed by atoms with Crippen LogP contribution in [0.3, 0.4) is 0 Å². The molecule has 2 saturated heterocycles. The minimum atomic E-state index is 0.0764. The van der Waals surface area contributed by atoms with E-state index in [0.29, 0.717) is 17.7 Å². The van der Waals surface area contributed by atoms with E-state index >= 15 is 0 Å². The molecule has 2 fully saturated rings. The van der Waals surface area contributed by atoms with Gasteiger partial charge in [-0.25, -0.2) is 0 Å². The average molecular weight is 390 g/mol. The van der Waals surface area contributed by atoms with E-state index in [2.05, 4.69) is 50.8 Å². The summed E-state index contributed by atoms with van der Waals surface area (Å²) in [5.74, 6) is 2.60. The van der Waals surface area contributed by atoms with Crippen LogP contribution in [0, 0.1) is 18.8 Å². The van der Waals surface area contributed by atoms with E-state index in [9.17, 15) is 4.79 Å². The smallest absolute Gasteiger partial charge is 0.280 e. The van der Waals surface area contributed by atoms with Gasteiger partial charge in [0.05, 0.1) is 7.11 Å². The summed E-state index contributed by atoms with van der Waals surface area (Å²) in [6.07, 6.45) is 1.25. The van der Waals surface area contributed by atoms with Gasteiger partial charge >= 0.3 is 0 Å². The molecule has 5 nitrogen and oxygen atoms in total. The predicted octanol–water partition coefficient (Wildman–Crippen LogP) is 0.180. The Labute approximate surface area is 170 Å². The fourth-order valence-electron chi connectivity index (χ4n) is 5.14. The first-order valence-corrected chi connectivity index (χ1v) is 11.0. The van der Waals surface area contributed by atoms with Gasteiger partial charge in [0.15, 0.2) is 6.04 Å². The molecule has 1 aromatic carbocycles. The van der Waals surface area contributed by atoms with E-state index < -0.39 is 0 Å². The molecule has 1 aromatic rings. The summed E-state index contributed by atoms with van der Waals surface area (Å²) in [5, 5.41) is 0. The monoisotopic (exact) mass is 389 g/mol. The molecule has 2 aliphatic rings. The van der Waals surface area contributed by atoms with Crippen molar-refractivity contribution in [2.45, 2.75) is 46.7 Å². The van der Waals surface area contributed by atoms with Crippen molar-refractivity contribution in [3.8, 4) is 5.75 Å². The van der Waals surface area contributed by atoms with E-state index in [1.807, 2.05) is 0 Å². The van der Waals surface area contributed by atoms with E-state index in [0.717, 1.165) is 51.6 Å². The average Bonchev–Trinajstić information content (AvgIpc) is 2.67. The van der Waals surface area contributed by atoms with Crippen molar-refractivity contribution >= 4 is 5.91 Å². The first-order valence-electron chi connectivity index (χ1n) is 11.0. The van der Waals surface area contributed by atoms with Crippen LogP contribution in [0.25, 0.3) is 0 Å². The zero-order valence-electron chi connectivity index (χ0n) is 18.4. The molecule has 2 aliphatic heterocycles. The normalized spacial score (nSPS) is 29.4. The number of nitrogens with zero attached hydrogens (tertiary/aromatic N) is 1. The molecule has 0 bridgehead atoms. The SMILES string of the molecule is COc1ccc(C)cc1C[NH+]1CC[NH+]([C@@H](C)C(=O)N2C[C@@H](C)C[C@H](C)C2)CC1. The van der Waals surface area contributed by atoms with Crippen molar-refractivity contribution in [3.63, 3.8) is 0 Å². The Morgan fingerprint density at radius 2 is 1.82 bits per heavy atom. The Balaban J connectivity index is 1.53. The van der Waals surface area contributed by atoms with Gasteiger partial charge in [-0.3, -0.25) is 4.79 Å². The Hall–Kier alpha value is -1.59. The number of amides is 1. The quantitative estimate of drug-likeness (QED) is 0.754. The number of nitrogens with one attached hydrogen (secondary N) is 2. The maximum Gasteiger partial charge on any atom is 0.280 e. The summed E-state index contributed by atoms with van der Waals surface area (Å²) < 4.78 is 5.55. The summed E-state index contributed by atoms with van der Waals surface area (Å²) in [7, 11) is 1.75. The van der Waals surface area contributed by atoms with Crippen LogP contribution in [0.5, 0.6) is 5.75 Å². The van der Waals surface area contributed by atoms with Crippen molar-refractivity contribution in [1.29, 1.82) is 0 Å². The van der Waals surface area contributed by atoms with E-state index in [1.54, 1.807) is 12.0 Å². The highest BCUT2D eigenvalue weighted by molar-refractivity contribution is 5.80. The molecule has 2 heterocycles. The highest BCUT2D eigenvalue weighted by Gasteiger charge is 2.35. The number of carbonyl (C=O) groups excluding carboxylic acids is 1. The fourth-order valence-corrected chi connectivity index (χ4v) is 5.14. The van der Waals surface area contributed by atoms with Gasteiger partial charge in [0.25, 0.3) is 5.91 Å². The molecule has 0 unspecified atom stereocenters. The Morgan fingerprint density at radius 1 is 1.18 bits per heavy atom. The molecule has 28 heavy (non-hydrogen) atoms. The van der Waals surface area contributed by atoms with E-state index in [4.69, 9.17) is 4.74 Å². The van der Waals surface area contributed by atoms with E-state index in [-0.39, 0.29) is 6.04 Å². The largest absolute Gasteiger partial charge is 0.496 e. The molecular formula is C23H39N3O2+2. The molecule has 0 radical (unpaired) electrons. The third-order valence-electron chi connectivity index (χ3n) is 6.64. The summed E-state index contributed by atoms with van der Waals surface area (Å²) in [5.41, 5.74) is 2.57. The summed E-state index contributed by atoms with van der Waals surface area (Å²) in [4.78, 5) is 18.2. The zero-order valence-corrected chi connectivity index (χ0v) is 18.4. The molecule has 0 aliphatic carbocycles. The number of methoxy groups -OCH3 is 1. The maximum absolute atomic E-state index is 13.1. The minimum absolute atomic E-state index is 0.0764. The molecule has 156 valence electrons. The second-order valence-electron chi connectivity index (χ2n) is 9.31. The molecule has 2 N–H and O–H groups in total. The summed E-state index contributed by atoms with van der Waals surface area (Å²) in [6.45, 7) is 16.0. The number of carbonyl (C=O) groups is 1. The lowest BCUT2D eigenvalue weighted by Crippen LogP contribution is -3.29. The van der Waals surface area contributed by atoms with Crippen LogP contribution >= 0.6 is 0 Å². The predicted molar refractivity (Wildman–Crippen MR) is 112 cm³/mol. The van der Waals surface area contributed by atoms with Crippen molar-refractivity contribution in [2.75, 3.05) is 46.4 Å². The van der Waals surface area contributed by atoms with Crippen molar-refractivity contribution in [2.24, 2.45) is 11.8 Å².